The van der Waals surface area contributed by atoms with E-state index in [1.807, 2.05) is 0 Å². The number of fused-ring (bicyclic) bond motifs is 1. The highest BCUT2D eigenvalue weighted by atomic mass is 32.2. The second-order valence-electron chi connectivity index (χ2n) is 7.31. The van der Waals surface area contributed by atoms with Crippen LogP contribution in [0, 0.1) is 0 Å². The molecule has 1 atom stereocenters. The number of benzene rings is 1. The van der Waals surface area contributed by atoms with Gasteiger partial charge in [0.2, 0.25) is 20.5 Å². The lowest BCUT2D eigenvalue weighted by atomic mass is 9.96. The fourth-order valence-electron chi connectivity index (χ4n) is 3.44. The Kier molecular flexibility index (Phi) is 4.33. The molecule has 0 N–H and O–H groups in total. The van der Waals surface area contributed by atoms with Crippen molar-refractivity contribution in [3.63, 3.8) is 0 Å². The minimum Gasteiger partial charge on any atom is -0.312 e. The van der Waals surface area contributed by atoms with E-state index >= 15 is 0 Å². The van der Waals surface area contributed by atoms with Gasteiger partial charge in [-0.25, -0.2) is 13.2 Å². The van der Waals surface area contributed by atoms with E-state index in [2.05, 4.69) is 9.98 Å². The normalized spacial score (nSPS) is 18.6. The maximum Gasteiger partial charge on any atom is 0.422 e. The summed E-state index contributed by atoms with van der Waals surface area (Å²) in [5, 5.41) is -0.429. The first-order valence-electron chi connectivity index (χ1n) is 8.88. The molecule has 0 saturated heterocycles. The number of sulfone groups is 1. The molecule has 164 valence electrons. The van der Waals surface area contributed by atoms with Crippen molar-refractivity contribution in [2.24, 2.45) is 26.1 Å². The van der Waals surface area contributed by atoms with E-state index < -0.39 is 43.7 Å². The number of halogens is 3. The average Bonchev–Trinajstić information content (AvgIpc) is 3.43. The number of imidazole rings is 1. The summed E-state index contributed by atoms with van der Waals surface area (Å²) in [4.78, 5) is 31.9. The lowest BCUT2D eigenvalue weighted by Crippen LogP contribution is -2.37. The molecule has 3 heterocycles. The maximum atomic E-state index is 13.2. The molecule has 0 fully saturated rings. The fraction of sp³-hybridized carbons (Fsp3) is 0.333. The van der Waals surface area contributed by atoms with Gasteiger partial charge >= 0.3 is 11.9 Å². The third-order valence-electron chi connectivity index (χ3n) is 5.28. The maximum absolute atomic E-state index is 13.2. The van der Waals surface area contributed by atoms with Crippen LogP contribution in [0.15, 0.2) is 44.0 Å². The molecule has 0 saturated carbocycles. The molecular weight excluding hydrogens is 439 g/mol. The van der Waals surface area contributed by atoms with Crippen molar-refractivity contribution in [2.75, 3.05) is 0 Å². The van der Waals surface area contributed by atoms with Gasteiger partial charge in [-0.3, -0.25) is 18.9 Å². The Hall–Kier alpha value is -3.22. The summed E-state index contributed by atoms with van der Waals surface area (Å²) < 4.78 is 68.4. The van der Waals surface area contributed by atoms with Crippen LogP contribution in [0.25, 0.3) is 11.2 Å². The van der Waals surface area contributed by atoms with Gasteiger partial charge in [-0.1, -0.05) is 24.3 Å². The van der Waals surface area contributed by atoms with Crippen LogP contribution in [-0.4, -0.2) is 39.5 Å². The lowest BCUT2D eigenvalue weighted by molar-refractivity contribution is -0.156. The second kappa shape index (κ2) is 6.39. The van der Waals surface area contributed by atoms with Crippen LogP contribution in [0.1, 0.15) is 11.1 Å². The van der Waals surface area contributed by atoms with E-state index in [1.165, 1.54) is 45.4 Å². The monoisotopic (exact) mass is 455 g/mol. The van der Waals surface area contributed by atoms with Crippen molar-refractivity contribution >= 4 is 27.2 Å². The van der Waals surface area contributed by atoms with Crippen LogP contribution < -0.4 is 11.2 Å². The van der Waals surface area contributed by atoms with Gasteiger partial charge in [0, 0.05) is 27.4 Å². The topological polar surface area (TPSA) is 108 Å². The van der Waals surface area contributed by atoms with Gasteiger partial charge in [0.25, 0.3) is 5.56 Å². The van der Waals surface area contributed by atoms with Gasteiger partial charge in [-0.15, -0.1) is 0 Å². The molecular formula is C18H16F3N5O4S. The van der Waals surface area contributed by atoms with Gasteiger partial charge in [-0.05, 0) is 11.1 Å². The smallest absolute Gasteiger partial charge is 0.312 e. The van der Waals surface area contributed by atoms with Crippen molar-refractivity contribution in [3.05, 3.63) is 56.2 Å². The van der Waals surface area contributed by atoms with E-state index in [0.717, 1.165) is 19.9 Å². The number of aromatic nitrogens is 4. The molecule has 2 aromatic heterocycles. The largest absolute Gasteiger partial charge is 0.422 e. The van der Waals surface area contributed by atoms with Crippen LogP contribution in [-0.2, 0) is 42.3 Å². The van der Waals surface area contributed by atoms with Gasteiger partial charge in [0.05, 0.1) is 5.75 Å². The quantitative estimate of drug-likeness (QED) is 0.578. The van der Waals surface area contributed by atoms with Crippen LogP contribution in [0.3, 0.4) is 0 Å². The highest BCUT2D eigenvalue weighted by molar-refractivity contribution is 7.90. The molecule has 1 unspecified atom stereocenters. The number of aliphatic imine (C=N–C) groups is 1. The first kappa shape index (κ1) is 21.0. The Balaban J connectivity index is 1.72. The van der Waals surface area contributed by atoms with E-state index in [0.29, 0.717) is 0 Å². The summed E-state index contributed by atoms with van der Waals surface area (Å²) in [6.45, 7) is 0. The van der Waals surface area contributed by atoms with Crippen molar-refractivity contribution in [1.29, 1.82) is 0 Å². The van der Waals surface area contributed by atoms with Crippen LogP contribution >= 0.6 is 0 Å². The van der Waals surface area contributed by atoms with Crippen LogP contribution in [0.4, 0.5) is 13.2 Å². The number of hydrogen-bond donors (Lipinski definition) is 0. The molecule has 0 spiro atoms. The second-order valence-corrected chi connectivity index (χ2v) is 9.19. The average molecular weight is 455 g/mol. The summed E-state index contributed by atoms with van der Waals surface area (Å²) in [6.07, 6.45) is -3.78. The highest BCUT2D eigenvalue weighted by Gasteiger charge is 2.61. The molecule has 9 nitrogen and oxygen atoms in total. The Labute approximate surface area is 173 Å². The summed E-state index contributed by atoms with van der Waals surface area (Å²) in [7, 11) is -0.118. The molecule has 1 aliphatic heterocycles. The third-order valence-corrected chi connectivity index (χ3v) is 6.92. The third kappa shape index (κ3) is 3.02. The van der Waals surface area contributed by atoms with Gasteiger partial charge < -0.3 is 4.57 Å². The molecule has 0 bridgehead atoms. The van der Waals surface area contributed by atoms with Gasteiger partial charge in [0.1, 0.15) is 0 Å². The summed E-state index contributed by atoms with van der Waals surface area (Å²) in [5.41, 5.74) is -3.71. The first-order chi connectivity index (χ1) is 14.3. The highest BCUT2D eigenvalue weighted by Crippen LogP contribution is 2.47. The minimum atomic E-state index is -4.57. The summed E-state index contributed by atoms with van der Waals surface area (Å²) >= 11 is 0. The zero-order chi connectivity index (χ0) is 22.9. The predicted molar refractivity (Wildman–Crippen MR) is 105 cm³/mol. The molecule has 13 heteroatoms. The fourth-order valence-corrected chi connectivity index (χ4v) is 4.93. The first-order valence-corrected chi connectivity index (χ1v) is 10.5. The zero-order valence-electron chi connectivity index (χ0n) is 16.5. The van der Waals surface area contributed by atoms with E-state index in [-0.39, 0.29) is 22.3 Å². The Bertz CT molecular complexity index is 1470. The number of rotatable bonds is 4. The summed E-state index contributed by atoms with van der Waals surface area (Å²) in [5.74, 6) is -0.557. The number of nitrogens with zero attached hydrogens (tertiary/aromatic N) is 5. The van der Waals surface area contributed by atoms with Gasteiger partial charge in [-0.2, -0.15) is 18.2 Å². The van der Waals surface area contributed by atoms with Crippen LogP contribution in [0.2, 0.25) is 0 Å². The molecule has 0 amide bonds. The summed E-state index contributed by atoms with van der Waals surface area (Å²) in [6, 6.07) is 4.92. The SMILES string of the molecule is Cn1c(=O)c2c(nc(S(=O)(=O)Cc3ccc(C4(C(F)(F)F)C=N4)cc3)n2C)n(C)c1=O. The number of hydrogen-bond acceptors (Lipinski definition) is 6. The minimum absolute atomic E-state index is 0.0588. The number of alkyl halides is 3. The van der Waals surface area contributed by atoms with Crippen molar-refractivity contribution in [2.45, 2.75) is 22.6 Å². The molecule has 31 heavy (non-hydrogen) atoms. The van der Waals surface area contributed by atoms with E-state index in [4.69, 9.17) is 0 Å². The molecule has 3 aromatic rings. The van der Waals surface area contributed by atoms with E-state index in [9.17, 15) is 31.2 Å². The van der Waals surface area contributed by atoms with Gasteiger partial charge in [0.15, 0.2) is 11.2 Å². The predicted octanol–water partition coefficient (Wildman–Crippen LogP) is 0.787. The standard InChI is InChI=1S/C18H16F3N5O4S/c1-24-12-13(25(2)16(28)26(3)14(12)27)23-15(24)31(29,30)8-10-4-6-11(7-5-10)17(9-22-17)18(19,20)21/h4-7,9H,8H2,1-3H3. The van der Waals surface area contributed by atoms with Crippen molar-refractivity contribution in [3.8, 4) is 0 Å². The molecule has 1 aliphatic rings. The molecule has 1 aromatic carbocycles. The van der Waals surface area contributed by atoms with Crippen molar-refractivity contribution in [1.82, 2.24) is 18.7 Å². The molecule has 0 aliphatic carbocycles. The van der Waals surface area contributed by atoms with Crippen molar-refractivity contribution < 1.29 is 21.6 Å². The molecule has 0 radical (unpaired) electrons. The zero-order valence-corrected chi connectivity index (χ0v) is 17.3. The number of aryl methyl sites for hydroxylation is 2. The van der Waals surface area contributed by atoms with E-state index in [1.54, 1.807) is 0 Å². The Morgan fingerprint density at radius 3 is 2.10 bits per heavy atom. The lowest BCUT2D eigenvalue weighted by Gasteiger charge is -2.17. The Morgan fingerprint density at radius 1 is 1.00 bits per heavy atom. The van der Waals surface area contributed by atoms with Crippen LogP contribution in [0.5, 0.6) is 0 Å². The molecule has 4 rings (SSSR count). The Morgan fingerprint density at radius 2 is 1.58 bits per heavy atom.